The van der Waals surface area contributed by atoms with Crippen LogP contribution in [0.15, 0.2) is 53.4 Å². The van der Waals surface area contributed by atoms with E-state index in [2.05, 4.69) is 13.0 Å². The summed E-state index contributed by atoms with van der Waals surface area (Å²) >= 11 is 7.46. The summed E-state index contributed by atoms with van der Waals surface area (Å²) in [5, 5.41) is 0.701. The Hall–Kier alpha value is -1.25. The molecule has 2 rings (SSSR count). The zero-order valence-corrected chi connectivity index (χ0v) is 13.0. The predicted molar refractivity (Wildman–Crippen MR) is 86.9 cm³/mol. The molecule has 0 fully saturated rings. The minimum atomic E-state index is 0.160. The summed E-state index contributed by atoms with van der Waals surface area (Å²) in [6, 6.07) is 15.5. The van der Waals surface area contributed by atoms with E-state index >= 15 is 0 Å². The van der Waals surface area contributed by atoms with E-state index in [1.165, 1.54) is 17.3 Å². The van der Waals surface area contributed by atoms with Gasteiger partial charge in [0, 0.05) is 15.5 Å². The van der Waals surface area contributed by atoms with Gasteiger partial charge >= 0.3 is 0 Å². The number of rotatable bonds is 6. The van der Waals surface area contributed by atoms with Gasteiger partial charge in [-0.1, -0.05) is 49.2 Å². The molecular formula is C17H17ClOS. The van der Waals surface area contributed by atoms with Crippen LogP contribution in [0.5, 0.6) is 0 Å². The molecule has 0 aliphatic rings. The van der Waals surface area contributed by atoms with Gasteiger partial charge in [0.05, 0.1) is 5.75 Å². The maximum Gasteiger partial charge on any atom is 0.173 e. The Balaban J connectivity index is 1.99. The molecule has 0 unspecified atom stereocenters. The first-order chi connectivity index (χ1) is 9.69. The molecule has 0 bridgehead atoms. The van der Waals surface area contributed by atoms with Gasteiger partial charge in [-0.2, -0.15) is 0 Å². The molecule has 0 saturated carbocycles. The molecule has 0 spiro atoms. The van der Waals surface area contributed by atoms with Gasteiger partial charge in [-0.3, -0.25) is 4.79 Å². The van der Waals surface area contributed by atoms with Crippen LogP contribution < -0.4 is 0 Å². The molecule has 104 valence electrons. The highest BCUT2D eigenvalue weighted by Gasteiger charge is 2.07. The Labute approximate surface area is 129 Å². The zero-order chi connectivity index (χ0) is 14.4. The van der Waals surface area contributed by atoms with Crippen LogP contribution in [0.2, 0.25) is 5.02 Å². The second-order valence-electron chi connectivity index (χ2n) is 4.62. The van der Waals surface area contributed by atoms with Gasteiger partial charge < -0.3 is 0 Å². The first-order valence-corrected chi connectivity index (χ1v) is 8.06. The average Bonchev–Trinajstić information content (AvgIpc) is 2.45. The number of aryl methyl sites for hydroxylation is 1. The van der Waals surface area contributed by atoms with Gasteiger partial charge in [-0.25, -0.2) is 0 Å². The largest absolute Gasteiger partial charge is 0.293 e. The van der Waals surface area contributed by atoms with Gasteiger partial charge in [0.2, 0.25) is 0 Å². The Morgan fingerprint density at radius 1 is 1.15 bits per heavy atom. The highest BCUT2D eigenvalue weighted by Crippen LogP contribution is 2.22. The van der Waals surface area contributed by atoms with Gasteiger partial charge in [0.25, 0.3) is 0 Å². The quantitative estimate of drug-likeness (QED) is 0.534. The fraction of sp³-hybridized carbons (Fsp3) is 0.235. The summed E-state index contributed by atoms with van der Waals surface area (Å²) in [5.74, 6) is 0.601. The molecule has 20 heavy (non-hydrogen) atoms. The van der Waals surface area contributed by atoms with Crippen LogP contribution in [0.1, 0.15) is 29.3 Å². The average molecular weight is 305 g/mol. The van der Waals surface area contributed by atoms with Gasteiger partial charge in [-0.15, -0.1) is 11.8 Å². The van der Waals surface area contributed by atoms with Gasteiger partial charge in [0.15, 0.2) is 5.78 Å². The second kappa shape index (κ2) is 7.51. The Morgan fingerprint density at radius 3 is 2.70 bits per heavy atom. The van der Waals surface area contributed by atoms with Crippen molar-refractivity contribution in [1.82, 2.24) is 0 Å². The lowest BCUT2D eigenvalue weighted by Crippen LogP contribution is -2.03. The Morgan fingerprint density at radius 2 is 1.95 bits per heavy atom. The van der Waals surface area contributed by atoms with Crippen LogP contribution in [0.3, 0.4) is 0 Å². The lowest BCUT2D eigenvalue weighted by Gasteiger charge is -2.04. The fourth-order valence-electron chi connectivity index (χ4n) is 1.98. The maximum absolute atomic E-state index is 12.2. The van der Waals surface area contributed by atoms with Crippen LogP contribution >= 0.6 is 23.4 Å². The number of hydrogen-bond donors (Lipinski definition) is 0. The molecule has 0 aromatic heterocycles. The van der Waals surface area contributed by atoms with Crippen molar-refractivity contribution in [3.63, 3.8) is 0 Å². The fourth-order valence-corrected chi connectivity index (χ4v) is 3.08. The summed E-state index contributed by atoms with van der Waals surface area (Å²) < 4.78 is 0. The van der Waals surface area contributed by atoms with Crippen LogP contribution in [0.25, 0.3) is 0 Å². The number of halogens is 1. The summed E-state index contributed by atoms with van der Waals surface area (Å²) in [4.78, 5) is 13.2. The van der Waals surface area contributed by atoms with E-state index in [-0.39, 0.29) is 5.78 Å². The van der Waals surface area contributed by atoms with Crippen LogP contribution in [-0.2, 0) is 6.42 Å². The van der Waals surface area contributed by atoms with Crippen molar-refractivity contribution in [3.8, 4) is 0 Å². The topological polar surface area (TPSA) is 17.1 Å². The zero-order valence-electron chi connectivity index (χ0n) is 11.4. The molecule has 0 amide bonds. The predicted octanol–water partition coefficient (Wildman–Crippen LogP) is 5.27. The molecule has 0 aliphatic heterocycles. The van der Waals surface area contributed by atoms with E-state index in [0.717, 1.165) is 23.3 Å². The smallest absolute Gasteiger partial charge is 0.173 e. The monoisotopic (exact) mass is 304 g/mol. The van der Waals surface area contributed by atoms with Crippen LogP contribution in [-0.4, -0.2) is 11.5 Å². The molecule has 0 atom stereocenters. The third kappa shape index (κ3) is 4.39. The molecule has 0 heterocycles. The summed E-state index contributed by atoms with van der Waals surface area (Å²) in [6.45, 7) is 2.14. The number of carbonyl (C=O) groups is 1. The van der Waals surface area contributed by atoms with Crippen molar-refractivity contribution in [3.05, 3.63) is 64.7 Å². The van der Waals surface area contributed by atoms with Crippen molar-refractivity contribution >= 4 is 29.1 Å². The number of benzene rings is 2. The summed E-state index contributed by atoms with van der Waals surface area (Å²) in [6.07, 6.45) is 2.11. The normalized spacial score (nSPS) is 10.5. The molecular weight excluding hydrogens is 288 g/mol. The molecule has 1 nitrogen and oxygen atoms in total. The lowest BCUT2D eigenvalue weighted by molar-refractivity contribution is 0.102. The first-order valence-electron chi connectivity index (χ1n) is 6.69. The third-order valence-electron chi connectivity index (χ3n) is 2.95. The van der Waals surface area contributed by atoms with Crippen molar-refractivity contribution in [2.24, 2.45) is 0 Å². The summed E-state index contributed by atoms with van der Waals surface area (Å²) in [7, 11) is 0. The highest BCUT2D eigenvalue weighted by molar-refractivity contribution is 8.00. The van der Waals surface area contributed by atoms with E-state index in [0.29, 0.717) is 10.8 Å². The standard InChI is InChI=1S/C17H17ClOS/c1-2-5-13-6-3-7-14(10-13)17(19)12-20-16-9-4-8-15(18)11-16/h3-4,6-11H,2,5,12H2,1H3. The second-order valence-corrected chi connectivity index (χ2v) is 6.10. The van der Waals surface area contributed by atoms with Crippen LogP contribution in [0, 0.1) is 0 Å². The lowest BCUT2D eigenvalue weighted by atomic mass is 10.1. The SMILES string of the molecule is CCCc1cccc(C(=O)CSc2cccc(Cl)c2)c1. The van der Waals surface area contributed by atoms with Crippen molar-refractivity contribution in [2.45, 2.75) is 24.7 Å². The highest BCUT2D eigenvalue weighted by atomic mass is 35.5. The van der Waals surface area contributed by atoms with Gasteiger partial charge in [0.1, 0.15) is 0 Å². The molecule has 0 N–H and O–H groups in total. The van der Waals surface area contributed by atoms with E-state index in [1.807, 2.05) is 42.5 Å². The summed E-state index contributed by atoms with van der Waals surface area (Å²) in [5.41, 5.74) is 2.02. The minimum absolute atomic E-state index is 0.160. The third-order valence-corrected chi connectivity index (χ3v) is 4.18. The Kier molecular flexibility index (Phi) is 5.69. The molecule has 2 aromatic rings. The molecule has 3 heteroatoms. The number of thioether (sulfide) groups is 1. The van der Waals surface area contributed by atoms with Crippen LogP contribution in [0.4, 0.5) is 0 Å². The minimum Gasteiger partial charge on any atom is -0.293 e. The number of carbonyl (C=O) groups excluding carboxylic acids is 1. The van der Waals surface area contributed by atoms with E-state index < -0.39 is 0 Å². The number of Topliss-reactive ketones (excluding diaryl/α,β-unsaturated/α-hetero) is 1. The molecule has 2 aromatic carbocycles. The van der Waals surface area contributed by atoms with Crippen molar-refractivity contribution in [1.29, 1.82) is 0 Å². The maximum atomic E-state index is 12.2. The van der Waals surface area contributed by atoms with E-state index in [9.17, 15) is 4.79 Å². The van der Waals surface area contributed by atoms with E-state index in [4.69, 9.17) is 11.6 Å². The molecule has 0 saturated heterocycles. The number of hydrogen-bond acceptors (Lipinski definition) is 2. The van der Waals surface area contributed by atoms with Crippen molar-refractivity contribution in [2.75, 3.05) is 5.75 Å². The first kappa shape index (κ1) is 15.1. The van der Waals surface area contributed by atoms with Crippen molar-refractivity contribution < 1.29 is 4.79 Å². The van der Waals surface area contributed by atoms with E-state index in [1.54, 1.807) is 0 Å². The molecule has 0 aliphatic carbocycles. The Bertz CT molecular complexity index is 595. The number of ketones is 1. The van der Waals surface area contributed by atoms with Gasteiger partial charge in [-0.05, 0) is 36.2 Å². The molecule has 0 radical (unpaired) electrons.